The molecule has 0 saturated carbocycles. The van der Waals surface area contributed by atoms with Crippen LogP contribution in [0.2, 0.25) is 0 Å². The van der Waals surface area contributed by atoms with E-state index < -0.39 is 0 Å². The SMILES string of the molecule is CCCCC[C@H](N)C(CC)NP. The molecule has 2 nitrogen and oxygen atoms in total. The Labute approximate surface area is 78.9 Å². The molecule has 12 heavy (non-hydrogen) atoms. The number of rotatable bonds is 7. The smallest absolute Gasteiger partial charge is 0.0248 e. The maximum absolute atomic E-state index is 6.00. The van der Waals surface area contributed by atoms with Crippen molar-refractivity contribution in [3.63, 3.8) is 0 Å². The predicted octanol–water partition coefficient (Wildman–Crippen LogP) is 2.05. The fourth-order valence-electron chi connectivity index (χ4n) is 1.38. The van der Waals surface area contributed by atoms with Crippen LogP contribution in [0.5, 0.6) is 0 Å². The third kappa shape index (κ3) is 5.08. The van der Waals surface area contributed by atoms with Crippen LogP contribution >= 0.6 is 9.39 Å². The van der Waals surface area contributed by atoms with E-state index in [-0.39, 0.29) is 0 Å². The zero-order valence-electron chi connectivity index (χ0n) is 8.34. The van der Waals surface area contributed by atoms with Crippen LogP contribution in [-0.4, -0.2) is 12.1 Å². The maximum atomic E-state index is 6.00. The third-order valence-corrected chi connectivity index (χ3v) is 2.74. The van der Waals surface area contributed by atoms with Crippen LogP contribution in [-0.2, 0) is 0 Å². The van der Waals surface area contributed by atoms with Crippen molar-refractivity contribution in [2.45, 2.75) is 58.0 Å². The van der Waals surface area contributed by atoms with Gasteiger partial charge in [-0.15, -0.1) is 0 Å². The summed E-state index contributed by atoms with van der Waals surface area (Å²) in [4.78, 5) is 0. The van der Waals surface area contributed by atoms with Crippen molar-refractivity contribution in [1.29, 1.82) is 0 Å². The highest BCUT2D eigenvalue weighted by molar-refractivity contribution is 7.13. The van der Waals surface area contributed by atoms with Crippen LogP contribution in [0.25, 0.3) is 0 Å². The summed E-state index contributed by atoms with van der Waals surface area (Å²) in [7, 11) is 2.55. The first-order valence-electron chi connectivity index (χ1n) is 4.97. The molecule has 0 aromatic rings. The number of unbranched alkanes of at least 4 members (excludes halogenated alkanes) is 2. The average Bonchev–Trinajstić information content (AvgIpc) is 2.07. The molecular formula is C9H23N2P. The number of hydrogen-bond donors (Lipinski definition) is 2. The molecule has 2 unspecified atom stereocenters. The van der Waals surface area contributed by atoms with Crippen molar-refractivity contribution in [1.82, 2.24) is 5.09 Å². The van der Waals surface area contributed by atoms with Gasteiger partial charge in [0.2, 0.25) is 0 Å². The van der Waals surface area contributed by atoms with Crippen LogP contribution in [0.15, 0.2) is 0 Å². The Morgan fingerprint density at radius 3 is 2.42 bits per heavy atom. The van der Waals surface area contributed by atoms with Crippen molar-refractivity contribution in [2.75, 3.05) is 0 Å². The molecule has 0 rings (SSSR count). The minimum absolute atomic E-state index is 0.319. The molecular weight excluding hydrogens is 167 g/mol. The van der Waals surface area contributed by atoms with Gasteiger partial charge in [0.25, 0.3) is 0 Å². The maximum Gasteiger partial charge on any atom is 0.0248 e. The molecule has 3 heteroatoms. The summed E-state index contributed by atoms with van der Waals surface area (Å²) in [6.07, 6.45) is 6.10. The molecule has 0 aliphatic rings. The average molecular weight is 190 g/mol. The lowest BCUT2D eigenvalue weighted by molar-refractivity contribution is 0.444. The van der Waals surface area contributed by atoms with E-state index in [1.165, 1.54) is 19.3 Å². The van der Waals surface area contributed by atoms with Gasteiger partial charge in [-0.3, -0.25) is 5.09 Å². The topological polar surface area (TPSA) is 38.0 Å². The Kier molecular flexibility index (Phi) is 8.20. The molecule has 0 aliphatic heterocycles. The van der Waals surface area contributed by atoms with E-state index in [4.69, 9.17) is 5.73 Å². The van der Waals surface area contributed by atoms with Gasteiger partial charge in [0.05, 0.1) is 0 Å². The quantitative estimate of drug-likeness (QED) is 0.476. The Morgan fingerprint density at radius 2 is 2.00 bits per heavy atom. The molecule has 0 amide bonds. The summed E-state index contributed by atoms with van der Waals surface area (Å²) in [6.45, 7) is 4.39. The molecule has 0 aliphatic carbocycles. The van der Waals surface area contributed by atoms with Crippen molar-refractivity contribution in [3.05, 3.63) is 0 Å². The third-order valence-electron chi connectivity index (χ3n) is 2.31. The molecule has 0 heterocycles. The summed E-state index contributed by atoms with van der Waals surface area (Å²) < 4.78 is 0. The van der Waals surface area contributed by atoms with Gasteiger partial charge >= 0.3 is 0 Å². The highest BCUT2D eigenvalue weighted by Gasteiger charge is 2.12. The normalized spacial score (nSPS) is 16.0. The number of nitrogens with one attached hydrogen (secondary N) is 1. The molecule has 0 fully saturated rings. The van der Waals surface area contributed by atoms with Gasteiger partial charge in [-0.25, -0.2) is 0 Å². The monoisotopic (exact) mass is 190 g/mol. The van der Waals surface area contributed by atoms with Gasteiger partial charge in [-0.1, -0.05) is 42.5 Å². The molecule has 74 valence electrons. The molecule has 0 aromatic heterocycles. The molecule has 0 bridgehead atoms. The lowest BCUT2D eigenvalue weighted by Gasteiger charge is -2.21. The van der Waals surface area contributed by atoms with Gasteiger partial charge in [0.1, 0.15) is 0 Å². The first-order chi connectivity index (χ1) is 5.76. The molecule has 0 aromatic carbocycles. The summed E-state index contributed by atoms with van der Waals surface area (Å²) in [5.74, 6) is 0. The van der Waals surface area contributed by atoms with Crippen molar-refractivity contribution in [3.8, 4) is 0 Å². The second-order valence-corrected chi connectivity index (χ2v) is 3.67. The van der Waals surface area contributed by atoms with E-state index in [0.29, 0.717) is 12.1 Å². The Bertz CT molecular complexity index is 94.5. The lowest BCUT2D eigenvalue weighted by Crippen LogP contribution is -2.40. The van der Waals surface area contributed by atoms with E-state index >= 15 is 0 Å². The standard InChI is InChI=1S/C9H23N2P/c1-3-5-6-7-8(10)9(4-2)11-12/h8-9,11H,3-7,10,12H2,1-2H3/t8-,9?/m0/s1. The van der Waals surface area contributed by atoms with Crippen molar-refractivity contribution < 1.29 is 0 Å². The van der Waals surface area contributed by atoms with Crippen molar-refractivity contribution in [2.24, 2.45) is 5.73 Å². The highest BCUT2D eigenvalue weighted by atomic mass is 31.0. The fraction of sp³-hybridized carbons (Fsp3) is 1.00. The van der Waals surface area contributed by atoms with E-state index in [9.17, 15) is 0 Å². The minimum Gasteiger partial charge on any atom is -0.326 e. The fourth-order valence-corrected chi connectivity index (χ4v) is 1.86. The van der Waals surface area contributed by atoms with Crippen LogP contribution in [0.3, 0.4) is 0 Å². The molecule has 0 saturated heterocycles. The molecule has 3 N–H and O–H groups in total. The van der Waals surface area contributed by atoms with E-state index in [1.54, 1.807) is 0 Å². The summed E-state index contributed by atoms with van der Waals surface area (Å²) in [5.41, 5.74) is 6.00. The van der Waals surface area contributed by atoms with E-state index in [0.717, 1.165) is 12.8 Å². The van der Waals surface area contributed by atoms with Gasteiger partial charge in [0, 0.05) is 12.1 Å². The summed E-state index contributed by atoms with van der Waals surface area (Å²) in [6, 6.07) is 0.783. The highest BCUT2D eigenvalue weighted by Crippen LogP contribution is 2.07. The van der Waals surface area contributed by atoms with E-state index in [1.807, 2.05) is 0 Å². The van der Waals surface area contributed by atoms with Crippen LogP contribution in [0.4, 0.5) is 0 Å². The minimum atomic E-state index is 0.319. The van der Waals surface area contributed by atoms with Crippen molar-refractivity contribution >= 4 is 9.39 Å². The van der Waals surface area contributed by atoms with Gasteiger partial charge in [0.15, 0.2) is 0 Å². The zero-order chi connectivity index (χ0) is 9.40. The first-order valence-corrected chi connectivity index (χ1v) is 5.55. The van der Waals surface area contributed by atoms with Gasteiger partial charge in [-0.05, 0) is 12.8 Å². The van der Waals surface area contributed by atoms with Crippen LogP contribution < -0.4 is 10.8 Å². The Morgan fingerprint density at radius 1 is 1.33 bits per heavy atom. The number of nitrogens with two attached hydrogens (primary N) is 1. The van der Waals surface area contributed by atoms with E-state index in [2.05, 4.69) is 28.3 Å². The molecule has 3 atom stereocenters. The molecule has 0 radical (unpaired) electrons. The van der Waals surface area contributed by atoms with Crippen LogP contribution in [0.1, 0.15) is 46.0 Å². The lowest BCUT2D eigenvalue weighted by atomic mass is 10.0. The molecule has 0 spiro atoms. The second kappa shape index (κ2) is 7.97. The summed E-state index contributed by atoms with van der Waals surface area (Å²) in [5, 5.41) is 3.17. The Hall–Kier alpha value is 0.350. The summed E-state index contributed by atoms with van der Waals surface area (Å²) >= 11 is 0. The zero-order valence-corrected chi connectivity index (χ0v) is 9.50. The Balaban J connectivity index is 3.47. The second-order valence-electron chi connectivity index (χ2n) is 3.34. The largest absolute Gasteiger partial charge is 0.326 e. The van der Waals surface area contributed by atoms with Gasteiger partial charge < -0.3 is 5.73 Å². The first kappa shape index (κ1) is 12.3. The number of hydrogen-bond acceptors (Lipinski definition) is 2. The van der Waals surface area contributed by atoms with Crippen LogP contribution in [0, 0.1) is 0 Å². The van der Waals surface area contributed by atoms with Gasteiger partial charge in [-0.2, -0.15) is 0 Å². The predicted molar refractivity (Wildman–Crippen MR) is 59.0 cm³/mol.